The number of alkyl halides is 6. The first-order valence-electron chi connectivity index (χ1n) is 9.00. The Morgan fingerprint density at radius 2 is 1.44 bits per heavy atom. The van der Waals surface area contributed by atoms with Crippen molar-refractivity contribution in [2.75, 3.05) is 0 Å². The minimum absolute atomic E-state index is 0.00501. The molecule has 174 valence electrons. The van der Waals surface area contributed by atoms with E-state index in [0.29, 0.717) is 5.56 Å². The lowest BCUT2D eigenvalue weighted by Gasteiger charge is -2.23. The van der Waals surface area contributed by atoms with Crippen LogP contribution in [-0.4, -0.2) is 34.2 Å². The molecule has 2 aromatic rings. The molecule has 2 rings (SSSR count). The molecule has 0 aliphatic carbocycles. The monoisotopic (exact) mass is 464 g/mol. The van der Waals surface area contributed by atoms with Crippen molar-refractivity contribution in [3.8, 4) is 0 Å². The van der Waals surface area contributed by atoms with Crippen LogP contribution in [0.5, 0.6) is 0 Å². The van der Waals surface area contributed by atoms with Crippen molar-refractivity contribution in [1.29, 1.82) is 0 Å². The minimum Gasteiger partial charge on any atom is -0.479 e. The molecule has 2 aromatic carbocycles. The molecule has 1 amide bonds. The third-order valence-corrected chi connectivity index (χ3v) is 4.47. The SMILES string of the molecule is N[C@H](Cc1ccccc1)[C@H](O)C(=O)N[C@@H](C(=O)O)c1cc(C(F)(F)F)cc(C(F)(F)F)c1. The highest BCUT2D eigenvalue weighted by molar-refractivity contribution is 5.87. The van der Waals surface area contributed by atoms with Crippen LogP contribution >= 0.6 is 0 Å². The van der Waals surface area contributed by atoms with Crippen LogP contribution in [-0.2, 0) is 28.4 Å². The van der Waals surface area contributed by atoms with Crippen molar-refractivity contribution in [3.63, 3.8) is 0 Å². The first kappa shape index (κ1) is 25.1. The van der Waals surface area contributed by atoms with E-state index in [9.17, 15) is 46.1 Å². The number of hydrogen-bond acceptors (Lipinski definition) is 4. The van der Waals surface area contributed by atoms with Crippen molar-refractivity contribution in [2.45, 2.75) is 37.0 Å². The van der Waals surface area contributed by atoms with Gasteiger partial charge in [-0.1, -0.05) is 30.3 Å². The van der Waals surface area contributed by atoms with Gasteiger partial charge in [0.2, 0.25) is 0 Å². The Hall–Kier alpha value is -3.12. The Morgan fingerprint density at radius 1 is 0.938 bits per heavy atom. The van der Waals surface area contributed by atoms with Gasteiger partial charge in [0.15, 0.2) is 6.04 Å². The average Bonchev–Trinajstić information content (AvgIpc) is 2.70. The molecule has 0 aliphatic heterocycles. The fourth-order valence-electron chi connectivity index (χ4n) is 2.85. The summed E-state index contributed by atoms with van der Waals surface area (Å²) in [6.45, 7) is 0. The molecule has 32 heavy (non-hydrogen) atoms. The van der Waals surface area contributed by atoms with Crippen molar-refractivity contribution in [3.05, 3.63) is 70.8 Å². The third kappa shape index (κ3) is 6.44. The van der Waals surface area contributed by atoms with Crippen LogP contribution in [0.15, 0.2) is 48.5 Å². The number of carbonyl (C=O) groups excluding carboxylic acids is 1. The standard InChI is InChI=1S/C20H18F6N2O4/c21-19(22,23)12-7-11(8-13(9-12)20(24,25)26)15(18(31)32)28-17(30)16(29)14(27)6-10-4-2-1-3-5-10/h1-5,7-9,14-16,29H,6,27H2,(H,28,30)(H,31,32)/t14-,15-,16+/m1/s1. The van der Waals surface area contributed by atoms with Gasteiger partial charge in [-0.05, 0) is 35.7 Å². The van der Waals surface area contributed by atoms with Crippen LogP contribution in [0.4, 0.5) is 26.3 Å². The molecular formula is C20H18F6N2O4. The number of aliphatic hydroxyl groups excluding tert-OH is 1. The zero-order valence-electron chi connectivity index (χ0n) is 16.1. The van der Waals surface area contributed by atoms with Crippen LogP contribution < -0.4 is 11.1 Å². The molecule has 12 heteroatoms. The Kier molecular flexibility index (Phi) is 7.52. The topological polar surface area (TPSA) is 113 Å². The average molecular weight is 464 g/mol. The van der Waals surface area contributed by atoms with E-state index in [4.69, 9.17) is 5.73 Å². The van der Waals surface area contributed by atoms with E-state index in [1.165, 1.54) is 0 Å². The highest BCUT2D eigenvalue weighted by Gasteiger charge is 2.39. The minimum atomic E-state index is -5.21. The Bertz CT molecular complexity index is 931. The summed E-state index contributed by atoms with van der Waals surface area (Å²) in [6, 6.07) is 5.01. The number of aliphatic carboxylic acids is 1. The summed E-state index contributed by atoms with van der Waals surface area (Å²) in [7, 11) is 0. The molecule has 0 bridgehead atoms. The lowest BCUT2D eigenvalue weighted by atomic mass is 9.98. The van der Waals surface area contributed by atoms with Gasteiger partial charge in [0.05, 0.1) is 11.1 Å². The number of halogens is 6. The molecule has 0 aliphatic rings. The van der Waals surface area contributed by atoms with Crippen LogP contribution in [0, 0.1) is 0 Å². The van der Waals surface area contributed by atoms with E-state index in [0.717, 1.165) is 0 Å². The summed E-state index contributed by atoms with van der Waals surface area (Å²) in [6.07, 6.45) is -12.4. The van der Waals surface area contributed by atoms with Gasteiger partial charge >= 0.3 is 18.3 Å². The number of aliphatic hydroxyl groups is 1. The first-order valence-corrected chi connectivity index (χ1v) is 9.00. The number of carboxylic acid groups (broad SMARTS) is 1. The number of carbonyl (C=O) groups is 2. The lowest BCUT2D eigenvalue weighted by Crippen LogP contribution is -2.49. The second kappa shape index (κ2) is 9.57. The number of hydrogen-bond donors (Lipinski definition) is 4. The maximum atomic E-state index is 13.0. The van der Waals surface area contributed by atoms with Gasteiger partial charge in [0.1, 0.15) is 6.10 Å². The normalized spacial score (nSPS) is 15.0. The molecule has 0 spiro atoms. The van der Waals surface area contributed by atoms with Crippen molar-refractivity contribution >= 4 is 11.9 Å². The Labute approximate surface area is 177 Å². The number of rotatable bonds is 7. The van der Waals surface area contributed by atoms with E-state index in [-0.39, 0.29) is 24.6 Å². The molecule has 5 N–H and O–H groups in total. The van der Waals surface area contributed by atoms with Crippen LogP contribution in [0.3, 0.4) is 0 Å². The molecule has 3 atom stereocenters. The molecular weight excluding hydrogens is 446 g/mol. The quantitative estimate of drug-likeness (QED) is 0.471. The van der Waals surface area contributed by atoms with E-state index in [2.05, 4.69) is 0 Å². The van der Waals surface area contributed by atoms with Gasteiger partial charge in [-0.25, -0.2) is 4.79 Å². The van der Waals surface area contributed by atoms with E-state index in [1.807, 2.05) is 0 Å². The molecule has 0 radical (unpaired) electrons. The second-order valence-electron chi connectivity index (χ2n) is 6.92. The largest absolute Gasteiger partial charge is 0.479 e. The van der Waals surface area contributed by atoms with E-state index < -0.39 is 59.1 Å². The fourth-order valence-corrected chi connectivity index (χ4v) is 2.85. The predicted octanol–water partition coefficient (Wildman–Crippen LogP) is 2.90. The molecule has 0 fully saturated rings. The van der Waals surface area contributed by atoms with E-state index in [1.54, 1.807) is 35.6 Å². The third-order valence-electron chi connectivity index (χ3n) is 4.47. The van der Waals surface area contributed by atoms with Crippen LogP contribution in [0.2, 0.25) is 0 Å². The summed E-state index contributed by atoms with van der Waals surface area (Å²) in [5.74, 6) is -3.30. The highest BCUT2D eigenvalue weighted by Crippen LogP contribution is 2.37. The van der Waals surface area contributed by atoms with Crippen molar-refractivity contribution < 1.29 is 46.1 Å². The highest BCUT2D eigenvalue weighted by atomic mass is 19.4. The summed E-state index contributed by atoms with van der Waals surface area (Å²) in [5.41, 5.74) is 1.91. The first-order chi connectivity index (χ1) is 14.7. The number of amides is 1. The van der Waals surface area contributed by atoms with Gasteiger partial charge in [0, 0.05) is 6.04 Å². The van der Waals surface area contributed by atoms with Crippen LogP contribution in [0.1, 0.15) is 28.3 Å². The Balaban J connectivity index is 2.31. The van der Waals surface area contributed by atoms with Crippen LogP contribution in [0.25, 0.3) is 0 Å². The number of nitrogens with two attached hydrogens (primary N) is 1. The molecule has 6 nitrogen and oxygen atoms in total. The van der Waals surface area contributed by atoms with Gasteiger partial charge in [-0.3, -0.25) is 4.79 Å². The van der Waals surface area contributed by atoms with Gasteiger partial charge in [-0.2, -0.15) is 26.3 Å². The maximum absolute atomic E-state index is 13.0. The fraction of sp³-hybridized carbons (Fsp3) is 0.300. The predicted molar refractivity (Wildman–Crippen MR) is 99.1 cm³/mol. The number of nitrogens with one attached hydrogen (secondary N) is 1. The maximum Gasteiger partial charge on any atom is 0.416 e. The van der Waals surface area contributed by atoms with E-state index >= 15 is 0 Å². The summed E-state index contributed by atoms with van der Waals surface area (Å²) in [5, 5.41) is 21.2. The summed E-state index contributed by atoms with van der Waals surface area (Å²) < 4.78 is 78.3. The zero-order chi connectivity index (χ0) is 24.3. The number of carboxylic acids is 1. The molecule has 0 saturated heterocycles. The summed E-state index contributed by atoms with van der Waals surface area (Å²) in [4.78, 5) is 23.8. The van der Waals surface area contributed by atoms with Gasteiger partial charge in [0.25, 0.3) is 5.91 Å². The lowest BCUT2D eigenvalue weighted by molar-refractivity contribution is -0.145. The zero-order valence-corrected chi connectivity index (χ0v) is 16.1. The molecule has 0 heterocycles. The molecule has 0 unspecified atom stereocenters. The number of benzene rings is 2. The molecule has 0 aromatic heterocycles. The smallest absolute Gasteiger partial charge is 0.416 e. The van der Waals surface area contributed by atoms with Crippen molar-refractivity contribution in [2.24, 2.45) is 5.73 Å². The van der Waals surface area contributed by atoms with Crippen molar-refractivity contribution in [1.82, 2.24) is 5.32 Å². The summed E-state index contributed by atoms with van der Waals surface area (Å²) >= 11 is 0. The second-order valence-corrected chi connectivity index (χ2v) is 6.92. The molecule has 0 saturated carbocycles. The van der Waals surface area contributed by atoms with Gasteiger partial charge in [-0.15, -0.1) is 0 Å². The Morgan fingerprint density at radius 3 is 1.88 bits per heavy atom. The van der Waals surface area contributed by atoms with Gasteiger partial charge < -0.3 is 21.3 Å².